The Kier molecular flexibility index (Phi) is 5.41. The Balaban J connectivity index is 1.98. The summed E-state index contributed by atoms with van der Waals surface area (Å²) >= 11 is 1.62. The number of amides is 2. The maximum absolute atomic E-state index is 12.5. The number of carbonyl (C=O) groups is 2. The summed E-state index contributed by atoms with van der Waals surface area (Å²) in [5.41, 5.74) is 0. The Morgan fingerprint density at radius 1 is 1.38 bits per heavy atom. The number of carboxylic acid groups (broad SMARTS) is 1. The average molecular weight is 314 g/mol. The predicted octanol–water partition coefficient (Wildman–Crippen LogP) is 2.76. The first kappa shape index (κ1) is 16.5. The van der Waals surface area contributed by atoms with Gasteiger partial charge in [0.15, 0.2) is 0 Å². The number of hydrogen-bond acceptors (Lipinski definition) is 3. The number of thioether (sulfide) groups is 1. The van der Waals surface area contributed by atoms with E-state index in [2.05, 4.69) is 19.2 Å². The maximum Gasteiger partial charge on any atom is 0.327 e. The molecule has 2 N–H and O–H groups in total. The van der Waals surface area contributed by atoms with Crippen LogP contribution < -0.4 is 5.32 Å². The molecule has 0 aromatic heterocycles. The van der Waals surface area contributed by atoms with Crippen molar-refractivity contribution in [2.45, 2.75) is 63.9 Å². The molecule has 21 heavy (non-hydrogen) atoms. The smallest absolute Gasteiger partial charge is 0.327 e. The van der Waals surface area contributed by atoms with Gasteiger partial charge in [0, 0.05) is 11.8 Å². The molecular formula is C15H26N2O3S. The van der Waals surface area contributed by atoms with Gasteiger partial charge in [0.25, 0.3) is 0 Å². The van der Waals surface area contributed by atoms with E-state index in [0.717, 1.165) is 25.7 Å². The van der Waals surface area contributed by atoms with E-state index >= 15 is 0 Å². The summed E-state index contributed by atoms with van der Waals surface area (Å²) in [6.07, 6.45) is 4.23. The maximum atomic E-state index is 12.5. The second kappa shape index (κ2) is 6.90. The molecule has 2 rings (SSSR count). The summed E-state index contributed by atoms with van der Waals surface area (Å²) < 4.78 is 0. The van der Waals surface area contributed by atoms with Crippen LogP contribution >= 0.6 is 11.8 Å². The van der Waals surface area contributed by atoms with Crippen molar-refractivity contribution in [1.82, 2.24) is 10.2 Å². The minimum absolute atomic E-state index is 0.0434. The zero-order chi connectivity index (χ0) is 15.6. The molecule has 1 heterocycles. The molecule has 2 amide bonds. The summed E-state index contributed by atoms with van der Waals surface area (Å²) in [6, 6.07) is -0.816. The van der Waals surface area contributed by atoms with Crippen LogP contribution in [0.15, 0.2) is 0 Å². The van der Waals surface area contributed by atoms with Gasteiger partial charge in [-0.2, -0.15) is 0 Å². The van der Waals surface area contributed by atoms with Crippen molar-refractivity contribution in [3.05, 3.63) is 0 Å². The Hall–Kier alpha value is -0.910. The van der Waals surface area contributed by atoms with Crippen molar-refractivity contribution in [2.75, 3.05) is 5.75 Å². The van der Waals surface area contributed by atoms with E-state index < -0.39 is 12.0 Å². The molecule has 0 bridgehead atoms. The number of rotatable bonds is 6. The Morgan fingerprint density at radius 2 is 2.05 bits per heavy atom. The highest BCUT2D eigenvalue weighted by molar-refractivity contribution is 8.00. The van der Waals surface area contributed by atoms with Gasteiger partial charge >= 0.3 is 12.0 Å². The molecule has 2 fully saturated rings. The quantitative estimate of drug-likeness (QED) is 0.791. The van der Waals surface area contributed by atoms with E-state index in [4.69, 9.17) is 0 Å². The summed E-state index contributed by atoms with van der Waals surface area (Å²) in [5, 5.41) is 12.4. The van der Waals surface area contributed by atoms with Gasteiger partial charge in [0.1, 0.15) is 6.04 Å². The second-order valence-electron chi connectivity index (χ2n) is 6.42. The zero-order valence-corrected chi connectivity index (χ0v) is 13.9. The molecule has 1 aliphatic heterocycles. The van der Waals surface area contributed by atoms with Gasteiger partial charge in [-0.3, -0.25) is 4.90 Å². The highest BCUT2D eigenvalue weighted by Gasteiger charge is 2.48. The van der Waals surface area contributed by atoms with Crippen molar-refractivity contribution in [1.29, 1.82) is 0 Å². The first-order valence-electron chi connectivity index (χ1n) is 7.87. The lowest BCUT2D eigenvalue weighted by Crippen LogP contribution is -2.52. The number of nitrogens with one attached hydrogen (secondary N) is 1. The number of carbonyl (C=O) groups excluding carboxylic acids is 1. The summed E-state index contributed by atoms with van der Waals surface area (Å²) in [4.78, 5) is 25.5. The average Bonchev–Trinajstić information content (AvgIpc) is 3.16. The molecular weight excluding hydrogens is 288 g/mol. The van der Waals surface area contributed by atoms with Crippen LogP contribution in [0, 0.1) is 11.8 Å². The molecule has 1 aliphatic carbocycles. The van der Waals surface area contributed by atoms with Gasteiger partial charge in [-0.15, -0.1) is 11.8 Å². The molecule has 2 aliphatic rings. The Morgan fingerprint density at radius 3 is 2.57 bits per heavy atom. The number of aliphatic carboxylic acids is 1. The molecule has 1 saturated heterocycles. The van der Waals surface area contributed by atoms with E-state index in [0.29, 0.717) is 17.6 Å². The van der Waals surface area contributed by atoms with Gasteiger partial charge in [0.2, 0.25) is 0 Å². The van der Waals surface area contributed by atoms with Crippen molar-refractivity contribution in [3.63, 3.8) is 0 Å². The molecule has 6 heteroatoms. The zero-order valence-electron chi connectivity index (χ0n) is 13.0. The first-order valence-corrected chi connectivity index (χ1v) is 8.92. The monoisotopic (exact) mass is 314 g/mol. The lowest BCUT2D eigenvalue weighted by molar-refractivity contribution is -0.141. The van der Waals surface area contributed by atoms with Gasteiger partial charge in [0.05, 0.1) is 5.37 Å². The SMILES string of the molecule is CCC(C)CC(C)NC(=O)N1C(C(=O)O)CSC1C1CC1. The van der Waals surface area contributed by atoms with Crippen molar-refractivity contribution >= 4 is 23.8 Å². The van der Waals surface area contributed by atoms with Crippen LogP contribution in [0.2, 0.25) is 0 Å². The van der Waals surface area contributed by atoms with Crippen LogP contribution in [0.5, 0.6) is 0 Å². The van der Waals surface area contributed by atoms with Crippen LogP contribution in [0.4, 0.5) is 4.79 Å². The largest absolute Gasteiger partial charge is 0.480 e. The van der Waals surface area contributed by atoms with Gasteiger partial charge in [-0.25, -0.2) is 9.59 Å². The summed E-state index contributed by atoms with van der Waals surface area (Å²) in [7, 11) is 0. The fourth-order valence-corrected chi connectivity index (χ4v) is 4.46. The molecule has 0 spiro atoms. The molecule has 0 aromatic carbocycles. The van der Waals surface area contributed by atoms with E-state index in [1.54, 1.807) is 16.7 Å². The fraction of sp³-hybridized carbons (Fsp3) is 0.867. The molecule has 5 nitrogen and oxygen atoms in total. The van der Waals surface area contributed by atoms with Crippen molar-refractivity contribution in [2.24, 2.45) is 11.8 Å². The van der Waals surface area contributed by atoms with Crippen LogP contribution in [0.25, 0.3) is 0 Å². The molecule has 1 saturated carbocycles. The van der Waals surface area contributed by atoms with Crippen LogP contribution in [0.3, 0.4) is 0 Å². The van der Waals surface area contributed by atoms with E-state index in [1.165, 1.54) is 0 Å². The third-order valence-corrected chi connectivity index (χ3v) is 5.86. The van der Waals surface area contributed by atoms with Crippen LogP contribution in [-0.2, 0) is 4.79 Å². The third-order valence-electron chi connectivity index (χ3n) is 4.40. The lowest BCUT2D eigenvalue weighted by atomic mass is 10.0. The molecule has 4 atom stereocenters. The van der Waals surface area contributed by atoms with Gasteiger partial charge in [-0.1, -0.05) is 20.3 Å². The Labute approximate surface area is 130 Å². The van der Waals surface area contributed by atoms with Gasteiger partial charge < -0.3 is 10.4 Å². The highest BCUT2D eigenvalue weighted by Crippen LogP contribution is 2.45. The third kappa shape index (κ3) is 4.05. The van der Waals surface area contributed by atoms with Crippen LogP contribution in [0.1, 0.15) is 46.5 Å². The lowest BCUT2D eigenvalue weighted by Gasteiger charge is -2.29. The standard InChI is InChI=1S/C15H26N2O3S/c1-4-9(2)7-10(3)16-15(20)17-12(14(18)19)8-21-13(17)11-5-6-11/h9-13H,4-8H2,1-3H3,(H,16,20)(H,18,19). The first-order chi connectivity index (χ1) is 9.93. The summed E-state index contributed by atoms with van der Waals surface area (Å²) in [5.74, 6) is 0.650. The number of nitrogens with zero attached hydrogens (tertiary/aromatic N) is 1. The van der Waals surface area contributed by atoms with E-state index in [1.807, 2.05) is 6.92 Å². The minimum Gasteiger partial charge on any atom is -0.480 e. The van der Waals surface area contributed by atoms with E-state index in [9.17, 15) is 14.7 Å². The van der Waals surface area contributed by atoms with Crippen molar-refractivity contribution in [3.8, 4) is 0 Å². The topological polar surface area (TPSA) is 69.6 Å². The van der Waals surface area contributed by atoms with Gasteiger partial charge in [-0.05, 0) is 38.0 Å². The second-order valence-corrected chi connectivity index (χ2v) is 7.57. The molecule has 0 radical (unpaired) electrons. The summed E-state index contributed by atoms with van der Waals surface area (Å²) in [6.45, 7) is 6.30. The fourth-order valence-electron chi connectivity index (χ4n) is 2.83. The molecule has 0 aromatic rings. The van der Waals surface area contributed by atoms with Crippen molar-refractivity contribution < 1.29 is 14.7 Å². The Bertz CT molecular complexity index is 400. The minimum atomic E-state index is -0.893. The highest BCUT2D eigenvalue weighted by atomic mass is 32.2. The number of carboxylic acids is 1. The molecule has 4 unspecified atom stereocenters. The number of hydrogen-bond donors (Lipinski definition) is 2. The normalized spacial score (nSPS) is 28.2. The van der Waals surface area contributed by atoms with Crippen LogP contribution in [-0.4, -0.2) is 45.2 Å². The van der Waals surface area contributed by atoms with E-state index in [-0.39, 0.29) is 17.4 Å². The predicted molar refractivity (Wildman–Crippen MR) is 84.3 cm³/mol. The number of urea groups is 1. The molecule has 120 valence electrons.